The van der Waals surface area contributed by atoms with Crippen molar-refractivity contribution < 1.29 is 4.79 Å². The van der Waals surface area contributed by atoms with Crippen LogP contribution in [0.25, 0.3) is 0 Å². The van der Waals surface area contributed by atoms with Crippen molar-refractivity contribution in [3.63, 3.8) is 0 Å². The van der Waals surface area contributed by atoms with Gasteiger partial charge in [0.1, 0.15) is 0 Å². The first-order valence-electron chi connectivity index (χ1n) is 7.30. The number of hydrogen-bond donors (Lipinski definition) is 3. The second-order valence-electron chi connectivity index (χ2n) is 5.20. The number of carbonyl (C=O) groups excluding carboxylic acids is 1. The Labute approximate surface area is 168 Å². The average molecular weight is 429 g/mol. The number of aromatic nitrogens is 3. The number of anilines is 1. The molecule has 0 atom stereocenters. The van der Waals surface area contributed by atoms with Crippen molar-refractivity contribution in [3.05, 3.63) is 62.7 Å². The maximum Gasteiger partial charge on any atom is 0.275 e. The van der Waals surface area contributed by atoms with Gasteiger partial charge < -0.3 is 11.1 Å². The first-order chi connectivity index (χ1) is 12.4. The van der Waals surface area contributed by atoms with Crippen LogP contribution in [0.3, 0.4) is 0 Å². The van der Waals surface area contributed by atoms with Crippen LogP contribution in [0.15, 0.2) is 46.2 Å². The van der Waals surface area contributed by atoms with Crippen molar-refractivity contribution in [3.8, 4) is 0 Å². The van der Waals surface area contributed by atoms with E-state index in [4.69, 9.17) is 40.5 Å². The number of carbonyl (C=O) groups is 1. The van der Waals surface area contributed by atoms with Gasteiger partial charge in [0.25, 0.3) is 5.91 Å². The molecule has 0 unspecified atom stereocenters. The summed E-state index contributed by atoms with van der Waals surface area (Å²) in [6.45, 7) is 0.219. The molecule has 0 aliphatic carbocycles. The minimum Gasteiger partial charge on any atom is -0.382 e. The molecule has 6 nitrogen and oxygen atoms in total. The Balaban J connectivity index is 1.71. The van der Waals surface area contributed by atoms with Gasteiger partial charge in [-0.25, -0.2) is 5.10 Å². The molecule has 10 heteroatoms. The van der Waals surface area contributed by atoms with Crippen LogP contribution >= 0.6 is 46.6 Å². The molecule has 0 saturated heterocycles. The quantitative estimate of drug-likeness (QED) is 0.558. The van der Waals surface area contributed by atoms with E-state index in [1.54, 1.807) is 24.3 Å². The van der Waals surface area contributed by atoms with E-state index in [1.807, 2.05) is 12.1 Å². The Morgan fingerprint density at radius 2 is 1.81 bits per heavy atom. The fourth-order valence-corrected chi connectivity index (χ4v) is 3.81. The Hall–Kier alpha value is -1.93. The Bertz CT molecular complexity index is 922. The van der Waals surface area contributed by atoms with E-state index < -0.39 is 5.91 Å². The van der Waals surface area contributed by atoms with E-state index in [0.29, 0.717) is 15.1 Å². The second kappa shape index (κ2) is 8.18. The van der Waals surface area contributed by atoms with Gasteiger partial charge in [0.05, 0.1) is 10.0 Å². The number of nitrogens with one attached hydrogen (secondary N) is 2. The molecule has 0 spiro atoms. The predicted molar refractivity (Wildman–Crippen MR) is 104 cm³/mol. The summed E-state index contributed by atoms with van der Waals surface area (Å²) in [5.41, 5.74) is 6.35. The maximum atomic E-state index is 12.0. The lowest BCUT2D eigenvalue weighted by atomic mass is 10.2. The van der Waals surface area contributed by atoms with Gasteiger partial charge in [0, 0.05) is 21.4 Å². The number of aromatic amines is 1. The summed E-state index contributed by atoms with van der Waals surface area (Å²) >= 11 is 20.1. The van der Waals surface area contributed by atoms with Crippen LogP contribution in [0.5, 0.6) is 0 Å². The molecule has 3 rings (SSSR count). The zero-order chi connectivity index (χ0) is 18.7. The number of nitrogens with zero attached hydrogens (tertiary/aromatic N) is 2. The van der Waals surface area contributed by atoms with Crippen molar-refractivity contribution in [2.75, 3.05) is 5.73 Å². The third-order valence-corrected chi connectivity index (χ3v) is 5.56. The molecule has 0 aliphatic rings. The minimum atomic E-state index is -0.442. The van der Waals surface area contributed by atoms with Crippen LogP contribution < -0.4 is 11.1 Å². The van der Waals surface area contributed by atoms with Crippen LogP contribution in [0.1, 0.15) is 16.1 Å². The predicted octanol–water partition coefficient (Wildman–Crippen LogP) is 4.43. The topological polar surface area (TPSA) is 96.7 Å². The van der Waals surface area contributed by atoms with E-state index in [-0.39, 0.29) is 18.1 Å². The minimum absolute atomic E-state index is 0.0390. The lowest BCUT2D eigenvalue weighted by molar-refractivity contribution is 0.0947. The number of nitrogen functional groups attached to an aromatic ring is 1. The van der Waals surface area contributed by atoms with E-state index in [0.717, 1.165) is 15.4 Å². The smallest absolute Gasteiger partial charge is 0.275 e. The van der Waals surface area contributed by atoms with Gasteiger partial charge >= 0.3 is 0 Å². The first kappa shape index (κ1) is 18.8. The fourth-order valence-electron chi connectivity index (χ4n) is 2.10. The number of rotatable bonds is 5. The first-order valence-corrected chi connectivity index (χ1v) is 9.25. The summed E-state index contributed by atoms with van der Waals surface area (Å²) < 4.78 is 0. The third-order valence-electron chi connectivity index (χ3n) is 3.34. The largest absolute Gasteiger partial charge is 0.382 e. The highest BCUT2D eigenvalue weighted by Gasteiger charge is 2.15. The van der Waals surface area contributed by atoms with Gasteiger partial charge in [0.2, 0.25) is 0 Å². The molecule has 0 aliphatic heterocycles. The molecule has 26 heavy (non-hydrogen) atoms. The average Bonchev–Trinajstić information content (AvgIpc) is 3.04. The van der Waals surface area contributed by atoms with E-state index in [9.17, 15) is 4.79 Å². The third kappa shape index (κ3) is 4.42. The monoisotopic (exact) mass is 427 g/mol. The van der Waals surface area contributed by atoms with Crippen molar-refractivity contribution in [1.82, 2.24) is 20.7 Å². The van der Waals surface area contributed by atoms with Crippen LogP contribution in [-0.4, -0.2) is 21.3 Å². The molecule has 1 amide bonds. The molecule has 2 aromatic carbocycles. The molecule has 4 N–H and O–H groups in total. The molecule has 0 bridgehead atoms. The van der Waals surface area contributed by atoms with Crippen LogP contribution in [0.4, 0.5) is 5.82 Å². The van der Waals surface area contributed by atoms with Gasteiger partial charge in [-0.15, -0.1) is 5.10 Å². The zero-order valence-electron chi connectivity index (χ0n) is 13.1. The number of hydrogen-bond acceptors (Lipinski definition) is 5. The molecule has 0 radical (unpaired) electrons. The van der Waals surface area contributed by atoms with E-state index >= 15 is 0 Å². The van der Waals surface area contributed by atoms with Crippen molar-refractivity contribution in [1.29, 1.82) is 0 Å². The second-order valence-corrected chi connectivity index (χ2v) is 7.54. The summed E-state index contributed by atoms with van der Waals surface area (Å²) in [6, 6.07) is 10.9. The summed E-state index contributed by atoms with van der Waals surface area (Å²) in [7, 11) is 0. The highest BCUT2D eigenvalue weighted by molar-refractivity contribution is 7.99. The highest BCUT2D eigenvalue weighted by Crippen LogP contribution is 2.39. The number of nitrogens with two attached hydrogens (primary N) is 1. The van der Waals surface area contributed by atoms with Crippen molar-refractivity contribution in [2.45, 2.75) is 16.3 Å². The summed E-state index contributed by atoms with van der Waals surface area (Å²) in [4.78, 5) is 13.7. The molecule has 1 heterocycles. The molecule has 0 saturated carbocycles. The van der Waals surface area contributed by atoms with E-state index in [2.05, 4.69) is 20.7 Å². The van der Waals surface area contributed by atoms with Crippen LogP contribution in [-0.2, 0) is 6.54 Å². The lowest BCUT2D eigenvalue weighted by Gasteiger charge is -2.10. The molecule has 0 fully saturated rings. The molecule has 3 aromatic rings. The normalized spacial score (nSPS) is 10.7. The van der Waals surface area contributed by atoms with Gasteiger partial charge in [-0.3, -0.25) is 4.79 Å². The Morgan fingerprint density at radius 1 is 1.15 bits per heavy atom. The summed E-state index contributed by atoms with van der Waals surface area (Å²) in [5.74, 6) is -0.337. The highest BCUT2D eigenvalue weighted by atomic mass is 35.5. The number of amides is 1. The van der Waals surface area contributed by atoms with Gasteiger partial charge in [0.15, 0.2) is 11.5 Å². The number of H-pyrrole nitrogens is 1. The Morgan fingerprint density at radius 3 is 2.38 bits per heavy atom. The SMILES string of the molecule is Nc1[nH]nnc1C(=O)NCc1cc(Cl)c(Sc2ccc(Cl)cc2)c(Cl)c1. The zero-order valence-corrected chi connectivity index (χ0v) is 16.2. The molecule has 1 aromatic heterocycles. The standard InChI is InChI=1S/C16H12Cl3N5OS/c17-9-1-3-10(4-2-9)26-14-11(18)5-8(6-12(14)19)7-21-16(25)13-15(20)23-24-22-13/h1-6H,7H2,(H,21,25)(H3,20,22,23,24). The van der Waals surface area contributed by atoms with Crippen molar-refractivity contribution in [2.24, 2.45) is 0 Å². The fraction of sp³-hybridized carbons (Fsp3) is 0.0625. The lowest BCUT2D eigenvalue weighted by Crippen LogP contribution is -2.24. The molecular weight excluding hydrogens is 417 g/mol. The van der Waals surface area contributed by atoms with Gasteiger partial charge in [-0.05, 0) is 42.0 Å². The van der Waals surface area contributed by atoms with Gasteiger partial charge in [-0.1, -0.05) is 51.8 Å². The number of halogens is 3. The van der Waals surface area contributed by atoms with E-state index in [1.165, 1.54) is 11.8 Å². The van der Waals surface area contributed by atoms with Crippen LogP contribution in [0, 0.1) is 0 Å². The Kier molecular flexibility index (Phi) is 5.93. The maximum absolute atomic E-state index is 12.0. The van der Waals surface area contributed by atoms with Gasteiger partial charge in [-0.2, -0.15) is 0 Å². The summed E-state index contributed by atoms with van der Waals surface area (Å²) in [5, 5.41) is 13.8. The summed E-state index contributed by atoms with van der Waals surface area (Å²) in [6.07, 6.45) is 0. The molecule has 134 valence electrons. The molecular formula is C16H12Cl3N5OS. The van der Waals surface area contributed by atoms with Crippen LogP contribution in [0.2, 0.25) is 15.1 Å². The van der Waals surface area contributed by atoms with Crippen molar-refractivity contribution >= 4 is 58.3 Å². The number of benzene rings is 2.